The van der Waals surface area contributed by atoms with Crippen LogP contribution in [0.15, 0.2) is 54.7 Å². The second kappa shape index (κ2) is 16.3. The molecule has 1 aliphatic heterocycles. The Balaban J connectivity index is 1.50. The molecule has 13 heteroatoms. The Hall–Kier alpha value is -4.75. The van der Waals surface area contributed by atoms with Gasteiger partial charge in [-0.15, -0.1) is 5.10 Å². The van der Waals surface area contributed by atoms with Gasteiger partial charge in [-0.2, -0.15) is 0 Å². The summed E-state index contributed by atoms with van der Waals surface area (Å²) in [7, 11) is 4.40. The van der Waals surface area contributed by atoms with Gasteiger partial charge in [0.25, 0.3) is 0 Å². The third kappa shape index (κ3) is 8.00. The van der Waals surface area contributed by atoms with E-state index in [2.05, 4.69) is 39.9 Å². The number of ether oxygens (including phenoxy) is 4. The highest BCUT2D eigenvalue weighted by molar-refractivity contribution is 6.76. The molecule has 0 aliphatic carbocycles. The minimum atomic E-state index is -2.07. The van der Waals surface area contributed by atoms with Crippen LogP contribution in [0.4, 0.5) is 22.1 Å². The highest BCUT2D eigenvalue weighted by atomic mass is 28.4. The molecular formula is C39H54N6O6Si. The maximum absolute atomic E-state index is 13.6. The average molecular weight is 731 g/mol. The first-order valence-corrected chi connectivity index (χ1v) is 20.2. The van der Waals surface area contributed by atoms with Crippen molar-refractivity contribution < 1.29 is 28.2 Å². The molecule has 2 aromatic heterocycles. The highest BCUT2D eigenvalue weighted by Crippen LogP contribution is 2.44. The molecule has 0 atom stereocenters. The molecule has 2 aromatic carbocycles. The summed E-state index contributed by atoms with van der Waals surface area (Å²) in [5.74, 6) is 3.71. The lowest BCUT2D eigenvalue weighted by Gasteiger charge is -2.41. The molecule has 0 saturated carbocycles. The quantitative estimate of drug-likeness (QED) is 0.114. The van der Waals surface area contributed by atoms with Gasteiger partial charge in [0.1, 0.15) is 34.5 Å². The van der Waals surface area contributed by atoms with E-state index in [0.717, 1.165) is 40.3 Å². The third-order valence-electron chi connectivity index (χ3n) is 10.2. The first-order valence-electron chi connectivity index (χ1n) is 17.9. The van der Waals surface area contributed by atoms with Crippen molar-refractivity contribution in [2.45, 2.75) is 71.6 Å². The first-order chi connectivity index (χ1) is 24.9. The zero-order valence-electron chi connectivity index (χ0n) is 32.3. The molecule has 1 fully saturated rings. The Kier molecular flexibility index (Phi) is 12.1. The van der Waals surface area contributed by atoms with E-state index in [1.165, 1.54) is 0 Å². The fraction of sp³-hybridized carbons (Fsp3) is 0.462. The lowest BCUT2D eigenvalue weighted by Crippen LogP contribution is -2.46. The lowest BCUT2D eigenvalue weighted by atomic mass is 10.1. The van der Waals surface area contributed by atoms with Gasteiger partial charge in [-0.3, -0.25) is 4.90 Å². The van der Waals surface area contributed by atoms with Gasteiger partial charge in [0.2, 0.25) is 0 Å². The van der Waals surface area contributed by atoms with E-state index in [4.69, 9.17) is 33.5 Å². The lowest BCUT2D eigenvalue weighted by molar-refractivity contribution is 0.218. The molecule has 280 valence electrons. The molecule has 12 nitrogen and oxygen atoms in total. The Morgan fingerprint density at radius 2 is 1.52 bits per heavy atom. The van der Waals surface area contributed by atoms with Crippen LogP contribution in [0.5, 0.6) is 23.0 Å². The third-order valence-corrected chi connectivity index (χ3v) is 15.9. The van der Waals surface area contributed by atoms with Crippen LogP contribution >= 0.6 is 0 Å². The van der Waals surface area contributed by atoms with Crippen molar-refractivity contribution in [3.05, 3.63) is 71.5 Å². The van der Waals surface area contributed by atoms with E-state index in [-0.39, 0.29) is 11.1 Å². The van der Waals surface area contributed by atoms with Crippen molar-refractivity contribution in [2.75, 3.05) is 58.4 Å². The van der Waals surface area contributed by atoms with Gasteiger partial charge in [-0.25, -0.2) is 14.5 Å². The van der Waals surface area contributed by atoms with Crippen LogP contribution in [0.3, 0.4) is 0 Å². The van der Waals surface area contributed by atoms with Crippen molar-refractivity contribution in [1.29, 1.82) is 0 Å². The number of amides is 2. The Morgan fingerprint density at radius 1 is 0.865 bits per heavy atom. The van der Waals surface area contributed by atoms with Crippen molar-refractivity contribution in [1.82, 2.24) is 19.7 Å². The summed E-state index contributed by atoms with van der Waals surface area (Å²) in [5.41, 5.74) is 4.20. The van der Waals surface area contributed by atoms with Gasteiger partial charge < -0.3 is 33.6 Å². The molecule has 1 saturated heterocycles. The van der Waals surface area contributed by atoms with Gasteiger partial charge in [-0.05, 0) is 47.8 Å². The van der Waals surface area contributed by atoms with Crippen LogP contribution in [0.2, 0.25) is 17.1 Å². The molecule has 52 heavy (non-hydrogen) atoms. The number of benzene rings is 2. The monoisotopic (exact) mass is 730 g/mol. The van der Waals surface area contributed by atoms with Gasteiger partial charge in [-0.1, -0.05) is 46.8 Å². The SMILES string of the molecule is CC[Si](CC)(OCCc1c(-n2ccc(N3CCN(Cc4ccc(OC)cc4)C3=O)n2)cc(C)nc1Nc1c(OC)cc(OC)cc1OC)C(C)(C)C. The summed E-state index contributed by atoms with van der Waals surface area (Å²) in [5, 5.41) is 8.59. The van der Waals surface area contributed by atoms with Crippen LogP contribution in [0.25, 0.3) is 5.69 Å². The topological polar surface area (TPSA) is 112 Å². The van der Waals surface area contributed by atoms with Gasteiger partial charge in [0.05, 0.1) is 34.1 Å². The highest BCUT2D eigenvalue weighted by Gasteiger charge is 2.43. The maximum atomic E-state index is 13.6. The average Bonchev–Trinajstić information content (AvgIpc) is 3.77. The summed E-state index contributed by atoms with van der Waals surface area (Å²) in [6.07, 6.45) is 2.47. The second-order valence-electron chi connectivity index (χ2n) is 14.0. The normalized spacial score (nSPS) is 13.5. The molecule has 4 aromatic rings. The molecule has 5 rings (SSSR count). The number of carbonyl (C=O) groups is 1. The molecule has 1 aliphatic rings. The van der Waals surface area contributed by atoms with Crippen molar-refractivity contribution >= 4 is 31.7 Å². The maximum Gasteiger partial charge on any atom is 0.326 e. The van der Waals surface area contributed by atoms with Crippen molar-refractivity contribution in [2.24, 2.45) is 0 Å². The van der Waals surface area contributed by atoms with E-state index in [1.54, 1.807) is 45.5 Å². The number of aryl methyl sites for hydroxylation is 1. The predicted octanol–water partition coefficient (Wildman–Crippen LogP) is 8.14. The van der Waals surface area contributed by atoms with Crippen LogP contribution in [0, 0.1) is 6.92 Å². The summed E-state index contributed by atoms with van der Waals surface area (Å²) in [6, 6.07) is 17.3. The summed E-state index contributed by atoms with van der Waals surface area (Å²) >= 11 is 0. The van der Waals surface area contributed by atoms with Gasteiger partial charge in [0, 0.05) is 68.3 Å². The second-order valence-corrected chi connectivity index (χ2v) is 19.2. The first kappa shape index (κ1) is 38.5. The van der Waals surface area contributed by atoms with Gasteiger partial charge >= 0.3 is 6.03 Å². The van der Waals surface area contributed by atoms with Crippen LogP contribution in [-0.2, 0) is 17.4 Å². The molecule has 0 bridgehead atoms. The number of aromatic nitrogens is 3. The standard InChI is InChI=1S/C39H54N6O6Si/c1-11-52(12-2,39(4,5)6)51-22-18-31-32(23-27(3)40-37(31)41-36-33(49-9)24-30(48-8)25-34(36)50-10)45-19-17-35(42-45)44-21-20-43(38(44)46)26-28-13-15-29(47-7)16-14-28/h13-17,19,23-25H,11-12,18,20-22,26H2,1-10H3,(H,40,41). The number of nitrogens with one attached hydrogen (secondary N) is 1. The molecule has 1 N–H and O–H groups in total. The molecule has 2 amide bonds. The number of nitrogens with zero attached hydrogens (tertiary/aromatic N) is 5. The van der Waals surface area contributed by atoms with E-state index in [9.17, 15) is 4.79 Å². The predicted molar refractivity (Wildman–Crippen MR) is 208 cm³/mol. The number of rotatable bonds is 16. The minimum Gasteiger partial charge on any atom is -0.497 e. The minimum absolute atomic E-state index is 0.0794. The number of hydrogen-bond donors (Lipinski definition) is 1. The molecule has 0 radical (unpaired) electrons. The number of anilines is 3. The zero-order valence-corrected chi connectivity index (χ0v) is 33.3. The number of urea groups is 1. The fourth-order valence-electron chi connectivity index (χ4n) is 7.05. The summed E-state index contributed by atoms with van der Waals surface area (Å²) < 4.78 is 31.1. The van der Waals surface area contributed by atoms with Crippen LogP contribution < -0.4 is 29.2 Å². The fourth-order valence-corrected chi connectivity index (χ4v) is 11.0. The largest absolute Gasteiger partial charge is 0.497 e. The number of carbonyl (C=O) groups excluding carboxylic acids is 1. The summed E-state index contributed by atoms with van der Waals surface area (Å²) in [4.78, 5) is 22.2. The number of pyridine rings is 1. The molecule has 0 unspecified atom stereocenters. The van der Waals surface area contributed by atoms with Crippen molar-refractivity contribution in [3.63, 3.8) is 0 Å². The number of hydrogen-bond acceptors (Lipinski definition) is 9. The van der Waals surface area contributed by atoms with E-state index >= 15 is 0 Å². The Labute approximate surface area is 309 Å². The van der Waals surface area contributed by atoms with E-state index in [1.807, 2.05) is 59.1 Å². The zero-order chi connectivity index (χ0) is 37.6. The summed E-state index contributed by atoms with van der Waals surface area (Å²) in [6.45, 7) is 15.5. The molecular weight excluding hydrogens is 677 g/mol. The van der Waals surface area contributed by atoms with Crippen molar-refractivity contribution in [3.8, 4) is 28.7 Å². The van der Waals surface area contributed by atoms with Crippen LogP contribution in [0.1, 0.15) is 51.4 Å². The van der Waals surface area contributed by atoms with Crippen LogP contribution in [-0.4, -0.2) is 82.1 Å². The Morgan fingerprint density at radius 3 is 2.10 bits per heavy atom. The van der Waals surface area contributed by atoms with E-state index < -0.39 is 8.32 Å². The Bertz CT molecular complexity index is 1810. The van der Waals surface area contributed by atoms with Gasteiger partial charge in [0.15, 0.2) is 14.1 Å². The number of methoxy groups -OCH3 is 4. The van der Waals surface area contributed by atoms with E-state index in [0.29, 0.717) is 67.2 Å². The molecule has 0 spiro atoms. The smallest absolute Gasteiger partial charge is 0.326 e. The molecule has 3 heterocycles.